The zero-order chi connectivity index (χ0) is 18.8. The van der Waals surface area contributed by atoms with E-state index < -0.39 is 17.9 Å². The highest BCUT2D eigenvalue weighted by Gasteiger charge is 2.21. The molecule has 0 saturated heterocycles. The lowest BCUT2D eigenvalue weighted by atomic mass is 10.0. The van der Waals surface area contributed by atoms with E-state index in [2.05, 4.69) is 16.0 Å². The van der Waals surface area contributed by atoms with Crippen LogP contribution in [0.5, 0.6) is 0 Å². The highest BCUT2D eigenvalue weighted by molar-refractivity contribution is 6.55. The molecule has 0 saturated carbocycles. The summed E-state index contributed by atoms with van der Waals surface area (Å²) in [6.45, 7) is 3.54. The van der Waals surface area contributed by atoms with Gasteiger partial charge in [0.15, 0.2) is 0 Å². The lowest BCUT2D eigenvalue weighted by Crippen LogP contribution is -2.48. The minimum atomic E-state index is -0.689. The highest BCUT2D eigenvalue weighted by Crippen LogP contribution is 2.10. The molecule has 3 amide bonds. The van der Waals surface area contributed by atoms with E-state index in [-0.39, 0.29) is 24.9 Å². The van der Waals surface area contributed by atoms with Crippen molar-refractivity contribution in [1.29, 1.82) is 0 Å². The van der Waals surface area contributed by atoms with Gasteiger partial charge in [-0.1, -0.05) is 26.0 Å². The Kier molecular flexibility index (Phi) is 8.18. The van der Waals surface area contributed by atoms with Crippen molar-refractivity contribution < 1.29 is 23.9 Å². The molecule has 3 N–H and O–H groups in total. The van der Waals surface area contributed by atoms with Gasteiger partial charge in [0.05, 0.1) is 6.54 Å². The summed E-state index contributed by atoms with van der Waals surface area (Å²) < 4.78 is 4.87. The maximum Gasteiger partial charge on any atom is 0.243 e. The highest BCUT2D eigenvalue weighted by atomic mass is 16.5. The number of nitrogens with one attached hydrogen (secondary N) is 3. The molecule has 1 aromatic rings. The van der Waals surface area contributed by atoms with Gasteiger partial charge in [0.1, 0.15) is 12.6 Å². The van der Waals surface area contributed by atoms with Gasteiger partial charge in [-0.15, -0.1) is 0 Å². The van der Waals surface area contributed by atoms with Gasteiger partial charge < -0.3 is 20.7 Å². The molecular weight excluding hydrogens is 325 g/mol. The number of hydrogen-bond acceptors (Lipinski definition) is 5. The van der Waals surface area contributed by atoms with Crippen molar-refractivity contribution in [1.82, 2.24) is 10.6 Å². The molecule has 1 aromatic carbocycles. The van der Waals surface area contributed by atoms with Crippen LogP contribution in [-0.2, 0) is 25.7 Å². The van der Waals surface area contributed by atoms with Gasteiger partial charge in [-0.2, -0.15) is 0 Å². The average Bonchev–Trinajstić information content (AvgIpc) is 2.56. The first-order chi connectivity index (χ1) is 11.8. The molecular formula is C16H22BN3O5. The van der Waals surface area contributed by atoms with Gasteiger partial charge in [0.2, 0.25) is 31.9 Å². The maximum atomic E-state index is 11.9. The Labute approximate surface area is 147 Å². The van der Waals surface area contributed by atoms with Crippen molar-refractivity contribution in [3.05, 3.63) is 29.8 Å². The van der Waals surface area contributed by atoms with Crippen LogP contribution in [0.25, 0.3) is 0 Å². The van der Waals surface area contributed by atoms with Gasteiger partial charge in [-0.3, -0.25) is 19.2 Å². The first-order valence-corrected chi connectivity index (χ1v) is 7.83. The molecule has 1 atom stereocenters. The van der Waals surface area contributed by atoms with E-state index in [0.29, 0.717) is 12.1 Å². The predicted molar refractivity (Wildman–Crippen MR) is 94.6 cm³/mol. The molecule has 0 aliphatic rings. The number of carbonyl (C=O) groups is 4. The van der Waals surface area contributed by atoms with Crippen LogP contribution in [-0.4, -0.2) is 44.5 Å². The Hall–Kier alpha value is -2.84. The molecule has 0 aliphatic heterocycles. The van der Waals surface area contributed by atoms with Gasteiger partial charge in [0.25, 0.3) is 0 Å². The normalized spacial score (nSPS) is 11.3. The van der Waals surface area contributed by atoms with Crippen LogP contribution in [0, 0.1) is 5.92 Å². The number of hydrogen-bond donors (Lipinski definition) is 3. The Bertz CT molecular complexity index is 619. The zero-order valence-electron chi connectivity index (χ0n) is 14.5. The average molecular weight is 347 g/mol. The number of carbonyl (C=O) groups excluding carboxylic acids is 4. The minimum Gasteiger partial charge on any atom is -0.469 e. The Morgan fingerprint density at radius 2 is 1.84 bits per heavy atom. The Morgan fingerprint density at radius 1 is 1.20 bits per heavy atom. The van der Waals surface area contributed by atoms with Crippen molar-refractivity contribution >= 4 is 37.6 Å². The zero-order valence-corrected chi connectivity index (χ0v) is 14.5. The summed E-state index contributed by atoms with van der Waals surface area (Å²) in [6.07, 6.45) is 0.460. The van der Waals surface area contributed by atoms with Crippen molar-refractivity contribution in [3.8, 4) is 0 Å². The molecule has 8 nitrogen and oxygen atoms in total. The van der Waals surface area contributed by atoms with Crippen molar-refractivity contribution in [2.24, 2.45) is 5.92 Å². The Balaban J connectivity index is 2.47. The fourth-order valence-corrected chi connectivity index (χ4v) is 2.00. The standard InChI is InChI=1S/C16H22BN3O5/c1-10(2)14(19-9-21)15(23)18-7-13(22)20-12-5-3-11(4-6-12)8-25-16(17)24/h3-6,9-10,14H,7-8,17H2,1-2H3,(H,18,23)(H,19,21)(H,20,22)/t14-/m0/s1. The van der Waals surface area contributed by atoms with E-state index in [9.17, 15) is 19.2 Å². The molecule has 0 aromatic heterocycles. The van der Waals surface area contributed by atoms with E-state index >= 15 is 0 Å². The summed E-state index contributed by atoms with van der Waals surface area (Å²) in [5.41, 5.74) is 1.35. The maximum absolute atomic E-state index is 11.9. The van der Waals surface area contributed by atoms with E-state index in [1.807, 2.05) is 0 Å². The van der Waals surface area contributed by atoms with E-state index in [0.717, 1.165) is 5.56 Å². The van der Waals surface area contributed by atoms with Crippen molar-refractivity contribution in [2.45, 2.75) is 26.5 Å². The fourth-order valence-electron chi connectivity index (χ4n) is 2.00. The van der Waals surface area contributed by atoms with E-state index in [1.54, 1.807) is 38.1 Å². The third kappa shape index (κ3) is 7.51. The van der Waals surface area contributed by atoms with Crippen LogP contribution >= 0.6 is 0 Å². The number of amides is 3. The van der Waals surface area contributed by atoms with Gasteiger partial charge in [-0.05, 0) is 23.6 Å². The second kappa shape index (κ2) is 10.1. The molecule has 9 heteroatoms. The molecule has 134 valence electrons. The molecule has 0 unspecified atom stereocenters. The molecule has 25 heavy (non-hydrogen) atoms. The summed E-state index contributed by atoms with van der Waals surface area (Å²) in [6, 6.07) is 6.10. The minimum absolute atomic E-state index is 0.0990. The third-order valence-electron chi connectivity index (χ3n) is 3.30. The largest absolute Gasteiger partial charge is 0.469 e. The smallest absolute Gasteiger partial charge is 0.243 e. The van der Waals surface area contributed by atoms with Crippen molar-refractivity contribution in [2.75, 3.05) is 11.9 Å². The van der Waals surface area contributed by atoms with Crippen LogP contribution in [0.4, 0.5) is 10.5 Å². The predicted octanol–water partition coefficient (Wildman–Crippen LogP) is -0.218. The third-order valence-corrected chi connectivity index (χ3v) is 3.30. The first kappa shape index (κ1) is 20.2. The lowest BCUT2D eigenvalue weighted by Gasteiger charge is -2.19. The number of benzene rings is 1. The van der Waals surface area contributed by atoms with Crippen LogP contribution in [0.2, 0.25) is 0 Å². The monoisotopic (exact) mass is 347 g/mol. The topological polar surface area (TPSA) is 114 Å². The first-order valence-electron chi connectivity index (χ1n) is 7.83. The lowest BCUT2D eigenvalue weighted by molar-refractivity contribution is -0.128. The fraction of sp³-hybridized carbons (Fsp3) is 0.375. The summed E-state index contributed by atoms with van der Waals surface area (Å²) in [7, 11) is 1.33. The summed E-state index contributed by atoms with van der Waals surface area (Å²) in [5, 5.41) is 7.54. The van der Waals surface area contributed by atoms with Crippen LogP contribution in [0.1, 0.15) is 19.4 Å². The summed E-state index contributed by atoms with van der Waals surface area (Å²) >= 11 is 0. The number of anilines is 1. The second-order valence-corrected chi connectivity index (χ2v) is 5.75. The van der Waals surface area contributed by atoms with E-state index in [1.165, 1.54) is 7.85 Å². The van der Waals surface area contributed by atoms with Gasteiger partial charge in [-0.25, -0.2) is 0 Å². The van der Waals surface area contributed by atoms with Gasteiger partial charge in [0, 0.05) is 5.69 Å². The molecule has 0 fully saturated rings. The number of rotatable bonds is 9. The van der Waals surface area contributed by atoms with Crippen LogP contribution in [0.15, 0.2) is 24.3 Å². The SMILES string of the molecule is BC(=O)OCc1ccc(NC(=O)CNC(=O)[C@@H](NC=O)C(C)C)cc1. The summed E-state index contributed by atoms with van der Waals surface area (Å²) in [4.78, 5) is 45.1. The molecule has 0 heterocycles. The molecule has 1 rings (SSSR count). The van der Waals surface area contributed by atoms with Crippen molar-refractivity contribution in [3.63, 3.8) is 0 Å². The summed E-state index contributed by atoms with van der Waals surface area (Å²) in [5.74, 6) is -1.28. The number of ether oxygens (including phenoxy) is 1. The van der Waals surface area contributed by atoms with Crippen LogP contribution in [0.3, 0.4) is 0 Å². The molecule has 0 bridgehead atoms. The Morgan fingerprint density at radius 3 is 2.36 bits per heavy atom. The molecule has 0 radical (unpaired) electrons. The van der Waals surface area contributed by atoms with E-state index in [4.69, 9.17) is 4.74 Å². The second-order valence-electron chi connectivity index (χ2n) is 5.75. The molecule has 0 aliphatic carbocycles. The van der Waals surface area contributed by atoms with Gasteiger partial charge >= 0.3 is 0 Å². The van der Waals surface area contributed by atoms with Crippen LogP contribution < -0.4 is 16.0 Å². The molecule has 0 spiro atoms. The quantitative estimate of drug-likeness (QED) is 0.422.